The minimum atomic E-state index is -0.398. The standard InChI is InChI=1S/C13H18FN3O.2ClH/c14-10-4-3-5-11(17-8-1-2-9-17)13(10)16-12(18)6-7-15;;/h3-5H,1-2,6-9,15H2,(H,16,18);2*1H. The number of carbonyl (C=O) groups excluding carboxylic acids is 1. The second-order valence-electron chi connectivity index (χ2n) is 4.41. The van der Waals surface area contributed by atoms with E-state index in [0.29, 0.717) is 0 Å². The van der Waals surface area contributed by atoms with Gasteiger partial charge in [0.25, 0.3) is 0 Å². The van der Waals surface area contributed by atoms with E-state index in [4.69, 9.17) is 5.73 Å². The van der Waals surface area contributed by atoms with Crippen molar-refractivity contribution in [2.45, 2.75) is 19.3 Å². The van der Waals surface area contributed by atoms with Crippen molar-refractivity contribution in [3.05, 3.63) is 24.0 Å². The number of rotatable bonds is 4. The summed E-state index contributed by atoms with van der Waals surface area (Å²) >= 11 is 0. The summed E-state index contributed by atoms with van der Waals surface area (Å²) in [6.07, 6.45) is 2.41. The highest BCUT2D eigenvalue weighted by Crippen LogP contribution is 2.31. The average molecular weight is 324 g/mol. The lowest BCUT2D eigenvalue weighted by Crippen LogP contribution is -2.22. The van der Waals surface area contributed by atoms with E-state index in [2.05, 4.69) is 10.2 Å². The molecule has 0 spiro atoms. The Morgan fingerprint density at radius 1 is 1.30 bits per heavy atom. The molecule has 2 rings (SSSR count). The van der Waals surface area contributed by atoms with E-state index in [1.165, 1.54) is 6.07 Å². The Kier molecular flexibility index (Phi) is 8.53. The molecule has 20 heavy (non-hydrogen) atoms. The third-order valence-corrected chi connectivity index (χ3v) is 3.07. The van der Waals surface area contributed by atoms with Gasteiger partial charge >= 0.3 is 0 Å². The maximum absolute atomic E-state index is 13.8. The van der Waals surface area contributed by atoms with Crippen LogP contribution in [0.4, 0.5) is 15.8 Å². The fourth-order valence-corrected chi connectivity index (χ4v) is 2.19. The lowest BCUT2D eigenvalue weighted by molar-refractivity contribution is -0.116. The van der Waals surface area contributed by atoms with Crippen molar-refractivity contribution in [2.24, 2.45) is 5.73 Å². The maximum atomic E-state index is 13.8. The van der Waals surface area contributed by atoms with Gasteiger partial charge in [-0.1, -0.05) is 6.07 Å². The molecule has 114 valence electrons. The van der Waals surface area contributed by atoms with Crippen LogP contribution in [0.25, 0.3) is 0 Å². The SMILES string of the molecule is Cl.Cl.NCCC(=O)Nc1c(F)cccc1N1CCCC1. The molecule has 0 bridgehead atoms. The van der Waals surface area contributed by atoms with Gasteiger partial charge in [0.05, 0.1) is 5.69 Å². The molecule has 3 N–H and O–H groups in total. The fraction of sp³-hybridized carbons (Fsp3) is 0.462. The van der Waals surface area contributed by atoms with Gasteiger partial charge in [-0.2, -0.15) is 0 Å². The number of nitrogens with two attached hydrogens (primary N) is 1. The minimum Gasteiger partial charge on any atom is -0.370 e. The summed E-state index contributed by atoms with van der Waals surface area (Å²) in [5.74, 6) is -0.646. The van der Waals surface area contributed by atoms with Gasteiger partial charge in [-0.05, 0) is 25.0 Å². The molecule has 1 aromatic carbocycles. The molecule has 1 saturated heterocycles. The molecule has 4 nitrogen and oxygen atoms in total. The molecule has 0 saturated carbocycles. The van der Waals surface area contributed by atoms with Gasteiger partial charge in [-0.3, -0.25) is 4.79 Å². The lowest BCUT2D eigenvalue weighted by atomic mass is 10.2. The van der Waals surface area contributed by atoms with E-state index in [-0.39, 0.29) is 49.4 Å². The molecule has 1 fully saturated rings. The highest BCUT2D eigenvalue weighted by atomic mass is 35.5. The number of benzene rings is 1. The van der Waals surface area contributed by atoms with Crippen LogP contribution in [0.3, 0.4) is 0 Å². The van der Waals surface area contributed by atoms with Gasteiger partial charge in [-0.15, -0.1) is 24.8 Å². The van der Waals surface area contributed by atoms with Crippen LogP contribution >= 0.6 is 24.8 Å². The summed E-state index contributed by atoms with van der Waals surface area (Å²) in [7, 11) is 0. The third kappa shape index (κ3) is 4.51. The number of hydrogen-bond acceptors (Lipinski definition) is 3. The largest absolute Gasteiger partial charge is 0.370 e. The number of anilines is 2. The first-order chi connectivity index (χ1) is 8.72. The summed E-state index contributed by atoms with van der Waals surface area (Å²) in [6, 6.07) is 4.87. The highest BCUT2D eigenvalue weighted by molar-refractivity contribution is 5.94. The van der Waals surface area contributed by atoms with Gasteiger partial charge < -0.3 is 16.0 Å². The van der Waals surface area contributed by atoms with Crippen LogP contribution in [-0.2, 0) is 4.79 Å². The topological polar surface area (TPSA) is 58.4 Å². The summed E-state index contributed by atoms with van der Waals surface area (Å²) in [5.41, 5.74) is 6.35. The van der Waals surface area contributed by atoms with Gasteiger partial charge in [0.1, 0.15) is 11.5 Å². The molecule has 7 heteroatoms. The molecule has 0 aliphatic carbocycles. The van der Waals surface area contributed by atoms with Crippen molar-refractivity contribution in [1.29, 1.82) is 0 Å². The van der Waals surface area contributed by atoms with E-state index in [0.717, 1.165) is 31.6 Å². The summed E-state index contributed by atoms with van der Waals surface area (Å²) in [5, 5.41) is 2.62. The Morgan fingerprint density at radius 2 is 1.95 bits per heavy atom. The first-order valence-corrected chi connectivity index (χ1v) is 6.25. The van der Waals surface area contributed by atoms with Crippen molar-refractivity contribution in [3.63, 3.8) is 0 Å². The van der Waals surface area contributed by atoms with Crippen molar-refractivity contribution < 1.29 is 9.18 Å². The number of para-hydroxylation sites is 1. The highest BCUT2D eigenvalue weighted by Gasteiger charge is 2.19. The molecule has 1 aromatic rings. The Balaban J connectivity index is 0.00000180. The van der Waals surface area contributed by atoms with E-state index < -0.39 is 5.82 Å². The zero-order valence-electron chi connectivity index (χ0n) is 11.1. The zero-order chi connectivity index (χ0) is 13.0. The number of hydrogen-bond donors (Lipinski definition) is 2. The summed E-state index contributed by atoms with van der Waals surface area (Å²) in [6.45, 7) is 2.08. The van der Waals surface area contributed by atoms with Crippen LogP contribution in [0.1, 0.15) is 19.3 Å². The number of halogens is 3. The molecule has 1 heterocycles. The van der Waals surface area contributed by atoms with Crippen LogP contribution in [0.5, 0.6) is 0 Å². The van der Waals surface area contributed by atoms with Gasteiger partial charge in [0, 0.05) is 26.1 Å². The molecule has 0 unspecified atom stereocenters. The monoisotopic (exact) mass is 323 g/mol. The van der Waals surface area contributed by atoms with E-state index in [1.807, 2.05) is 6.07 Å². The molecule has 1 aliphatic heterocycles. The minimum absolute atomic E-state index is 0. The van der Waals surface area contributed by atoms with Crippen LogP contribution in [-0.4, -0.2) is 25.5 Å². The fourth-order valence-electron chi connectivity index (χ4n) is 2.19. The lowest BCUT2D eigenvalue weighted by Gasteiger charge is -2.21. The second kappa shape index (κ2) is 9.00. The molecule has 0 aromatic heterocycles. The quantitative estimate of drug-likeness (QED) is 0.895. The summed E-state index contributed by atoms with van der Waals surface area (Å²) in [4.78, 5) is 13.7. The van der Waals surface area contributed by atoms with Crippen molar-refractivity contribution in [3.8, 4) is 0 Å². The second-order valence-corrected chi connectivity index (χ2v) is 4.41. The maximum Gasteiger partial charge on any atom is 0.225 e. The van der Waals surface area contributed by atoms with Crippen LogP contribution in [0.2, 0.25) is 0 Å². The number of carbonyl (C=O) groups is 1. The van der Waals surface area contributed by atoms with Crippen LogP contribution in [0, 0.1) is 5.82 Å². The number of amides is 1. The molecule has 0 radical (unpaired) electrons. The van der Waals surface area contributed by atoms with Gasteiger partial charge in [-0.25, -0.2) is 4.39 Å². The zero-order valence-corrected chi connectivity index (χ0v) is 12.7. The molecule has 1 aliphatic rings. The van der Waals surface area contributed by atoms with E-state index in [9.17, 15) is 9.18 Å². The van der Waals surface area contributed by atoms with Crippen molar-refractivity contribution >= 4 is 42.1 Å². The average Bonchev–Trinajstić information content (AvgIpc) is 2.85. The van der Waals surface area contributed by atoms with E-state index >= 15 is 0 Å². The van der Waals surface area contributed by atoms with Crippen LogP contribution in [0.15, 0.2) is 18.2 Å². The van der Waals surface area contributed by atoms with Crippen molar-refractivity contribution in [2.75, 3.05) is 29.9 Å². The predicted octanol–water partition coefficient (Wildman–Crippen LogP) is 2.56. The van der Waals surface area contributed by atoms with Crippen molar-refractivity contribution in [1.82, 2.24) is 0 Å². The van der Waals surface area contributed by atoms with Gasteiger partial charge in [0.15, 0.2) is 0 Å². The molecular formula is C13H20Cl2FN3O. The van der Waals surface area contributed by atoms with Crippen LogP contribution < -0.4 is 16.0 Å². The normalized spacial score (nSPS) is 13.4. The van der Waals surface area contributed by atoms with E-state index in [1.54, 1.807) is 6.07 Å². The number of nitrogens with one attached hydrogen (secondary N) is 1. The molecule has 1 amide bonds. The Bertz CT molecular complexity index is 440. The number of nitrogens with zero attached hydrogens (tertiary/aromatic N) is 1. The molecular weight excluding hydrogens is 304 g/mol. The molecule has 0 atom stereocenters. The van der Waals surface area contributed by atoms with Gasteiger partial charge in [0.2, 0.25) is 5.91 Å². The Labute approximate surface area is 130 Å². The first kappa shape index (κ1) is 19.0. The first-order valence-electron chi connectivity index (χ1n) is 6.25. The predicted molar refractivity (Wildman–Crippen MR) is 84.6 cm³/mol. The Hall–Kier alpha value is -1.04. The smallest absolute Gasteiger partial charge is 0.225 e. The Morgan fingerprint density at radius 3 is 2.55 bits per heavy atom. The third-order valence-electron chi connectivity index (χ3n) is 3.07. The summed E-state index contributed by atoms with van der Waals surface area (Å²) < 4.78 is 13.8.